The van der Waals surface area contributed by atoms with Gasteiger partial charge in [-0.15, -0.1) is 0 Å². The molecular formula is C12H20N2O. The lowest BCUT2D eigenvalue weighted by molar-refractivity contribution is 0.0842. The van der Waals surface area contributed by atoms with Crippen LogP contribution < -0.4 is 5.32 Å². The van der Waals surface area contributed by atoms with Gasteiger partial charge in [0.1, 0.15) is 0 Å². The molecule has 1 N–H and O–H groups in total. The van der Waals surface area contributed by atoms with Gasteiger partial charge in [0.15, 0.2) is 0 Å². The van der Waals surface area contributed by atoms with Crippen molar-refractivity contribution in [1.82, 2.24) is 5.32 Å². The van der Waals surface area contributed by atoms with Gasteiger partial charge in [-0.3, -0.25) is 4.99 Å². The molecule has 0 spiro atoms. The number of nitrogens with one attached hydrogen (secondary N) is 1. The number of hydrogen-bond donors (Lipinski definition) is 1. The lowest BCUT2D eigenvalue weighted by atomic mass is 10.1. The number of ether oxygens (including phenoxy) is 1. The lowest BCUT2D eigenvalue weighted by Gasteiger charge is -2.23. The highest BCUT2D eigenvalue weighted by Gasteiger charge is 2.40. The molecule has 2 unspecified atom stereocenters. The second-order valence-corrected chi connectivity index (χ2v) is 5.00. The second kappa shape index (κ2) is 4.12. The summed E-state index contributed by atoms with van der Waals surface area (Å²) in [5.74, 6) is 2.08. The number of nitrogens with zero attached hydrogens (tertiary/aromatic N) is 1. The van der Waals surface area contributed by atoms with Crippen LogP contribution in [-0.4, -0.2) is 31.1 Å². The van der Waals surface area contributed by atoms with Gasteiger partial charge in [-0.2, -0.15) is 0 Å². The first kappa shape index (κ1) is 9.64. The molecule has 0 amide bonds. The summed E-state index contributed by atoms with van der Waals surface area (Å²) >= 11 is 0. The van der Waals surface area contributed by atoms with Crippen LogP contribution in [0.2, 0.25) is 0 Å². The predicted octanol–water partition coefficient (Wildman–Crippen LogP) is 1.73. The van der Waals surface area contributed by atoms with Crippen LogP contribution >= 0.6 is 0 Å². The van der Waals surface area contributed by atoms with Crippen LogP contribution in [0, 0.1) is 5.92 Å². The molecule has 3 heteroatoms. The molecule has 3 aliphatic rings. The molecular weight excluding hydrogens is 188 g/mol. The summed E-state index contributed by atoms with van der Waals surface area (Å²) in [6, 6.07) is 0.550. The maximum atomic E-state index is 5.81. The number of rotatable bonds is 2. The Morgan fingerprint density at radius 2 is 2.13 bits per heavy atom. The van der Waals surface area contributed by atoms with Gasteiger partial charge in [0.05, 0.1) is 18.0 Å². The Bertz CT molecular complexity index is 260. The van der Waals surface area contributed by atoms with Crippen LogP contribution in [0.25, 0.3) is 0 Å². The molecule has 0 bridgehead atoms. The van der Waals surface area contributed by atoms with Gasteiger partial charge in [-0.1, -0.05) is 0 Å². The molecule has 0 radical (unpaired) electrons. The average Bonchev–Trinajstić information content (AvgIpc) is 3.02. The van der Waals surface area contributed by atoms with E-state index in [1.807, 2.05) is 0 Å². The Labute approximate surface area is 91.3 Å². The number of hydrogen-bond acceptors (Lipinski definition) is 3. The van der Waals surface area contributed by atoms with Crippen LogP contribution in [0.4, 0.5) is 0 Å². The average molecular weight is 208 g/mol. The van der Waals surface area contributed by atoms with Gasteiger partial charge in [0.25, 0.3) is 0 Å². The molecule has 3 rings (SSSR count). The van der Waals surface area contributed by atoms with Crippen molar-refractivity contribution in [1.29, 1.82) is 0 Å². The highest BCUT2D eigenvalue weighted by atomic mass is 16.5. The maximum Gasteiger partial charge on any atom is 0.0966 e. The predicted molar refractivity (Wildman–Crippen MR) is 60.2 cm³/mol. The first-order valence-electron chi connectivity index (χ1n) is 6.35. The molecule has 0 aromatic carbocycles. The van der Waals surface area contributed by atoms with E-state index < -0.39 is 0 Å². The zero-order valence-corrected chi connectivity index (χ0v) is 9.24. The van der Waals surface area contributed by atoms with Crippen molar-refractivity contribution in [3.63, 3.8) is 0 Å². The molecule has 2 heterocycles. The van der Waals surface area contributed by atoms with Crippen LogP contribution in [0.15, 0.2) is 4.99 Å². The normalized spacial score (nSPS) is 36.4. The highest BCUT2D eigenvalue weighted by molar-refractivity contribution is 5.83. The molecule has 15 heavy (non-hydrogen) atoms. The molecule has 84 valence electrons. The lowest BCUT2D eigenvalue weighted by Crippen LogP contribution is -2.42. The van der Waals surface area contributed by atoms with Crippen molar-refractivity contribution < 1.29 is 4.74 Å². The first-order chi connectivity index (χ1) is 7.43. The van der Waals surface area contributed by atoms with Crippen LogP contribution in [0.1, 0.15) is 38.5 Å². The summed E-state index contributed by atoms with van der Waals surface area (Å²) in [4.78, 5) is 4.56. The van der Waals surface area contributed by atoms with E-state index in [9.17, 15) is 0 Å². The van der Waals surface area contributed by atoms with E-state index in [0.717, 1.165) is 25.5 Å². The topological polar surface area (TPSA) is 33.6 Å². The minimum absolute atomic E-state index is 0.481. The minimum atomic E-state index is 0.481. The smallest absolute Gasteiger partial charge is 0.0966 e. The van der Waals surface area contributed by atoms with Crippen LogP contribution in [0.3, 0.4) is 0 Å². The summed E-state index contributed by atoms with van der Waals surface area (Å²) < 4.78 is 5.81. The van der Waals surface area contributed by atoms with Crippen LogP contribution in [-0.2, 0) is 4.74 Å². The maximum absolute atomic E-state index is 5.81. The van der Waals surface area contributed by atoms with Gasteiger partial charge in [-0.25, -0.2) is 0 Å². The van der Waals surface area contributed by atoms with Gasteiger partial charge in [0, 0.05) is 19.6 Å². The third kappa shape index (κ3) is 2.17. The zero-order chi connectivity index (χ0) is 10.1. The third-order valence-electron chi connectivity index (χ3n) is 3.70. The van der Waals surface area contributed by atoms with E-state index in [0.29, 0.717) is 12.1 Å². The summed E-state index contributed by atoms with van der Waals surface area (Å²) in [7, 11) is 0. The molecule has 1 saturated carbocycles. The van der Waals surface area contributed by atoms with E-state index in [1.165, 1.54) is 37.9 Å². The molecule has 2 fully saturated rings. The molecule has 2 atom stereocenters. The number of amidine groups is 1. The van der Waals surface area contributed by atoms with Crippen molar-refractivity contribution in [3.8, 4) is 0 Å². The number of aliphatic imine (C=N–C) groups is 1. The Morgan fingerprint density at radius 3 is 2.87 bits per heavy atom. The van der Waals surface area contributed by atoms with E-state index in [2.05, 4.69) is 10.3 Å². The fourth-order valence-corrected chi connectivity index (χ4v) is 2.68. The van der Waals surface area contributed by atoms with E-state index >= 15 is 0 Å². The molecule has 0 aromatic heterocycles. The van der Waals surface area contributed by atoms with Crippen molar-refractivity contribution in [2.75, 3.05) is 13.2 Å². The van der Waals surface area contributed by atoms with E-state index in [4.69, 9.17) is 4.74 Å². The standard InChI is InChI=1S/C12H20N2O/c1-2-7-13-11(3-1)14-10-6-8-15-12(10)9-4-5-9/h9-10,12H,1-8H2,(H,13,14). The summed E-state index contributed by atoms with van der Waals surface area (Å²) in [6.45, 7) is 1.95. The Hall–Kier alpha value is -0.570. The van der Waals surface area contributed by atoms with E-state index in [-0.39, 0.29) is 0 Å². The minimum Gasteiger partial charge on any atom is -0.376 e. The Balaban J connectivity index is 1.58. The fraction of sp³-hybridized carbons (Fsp3) is 0.917. The van der Waals surface area contributed by atoms with Gasteiger partial charge in [-0.05, 0) is 38.0 Å². The summed E-state index contributed by atoms with van der Waals surface area (Å²) in [5, 5.41) is 3.61. The summed E-state index contributed by atoms with van der Waals surface area (Å²) in [6.07, 6.45) is 8.10. The van der Waals surface area contributed by atoms with Gasteiger partial charge < -0.3 is 10.1 Å². The fourth-order valence-electron chi connectivity index (χ4n) is 2.68. The van der Waals surface area contributed by atoms with Gasteiger partial charge in [0.2, 0.25) is 0 Å². The van der Waals surface area contributed by atoms with Gasteiger partial charge >= 0.3 is 0 Å². The zero-order valence-electron chi connectivity index (χ0n) is 9.24. The molecule has 1 saturated heterocycles. The Morgan fingerprint density at radius 1 is 1.20 bits per heavy atom. The first-order valence-corrected chi connectivity index (χ1v) is 6.35. The quantitative estimate of drug-likeness (QED) is 0.749. The summed E-state index contributed by atoms with van der Waals surface area (Å²) in [5.41, 5.74) is 0. The SMILES string of the molecule is C1CCC(NC2CCOC2C2CC2)=NC1. The molecule has 3 nitrogen and oxygen atoms in total. The van der Waals surface area contributed by atoms with Crippen molar-refractivity contribution >= 4 is 5.84 Å². The second-order valence-electron chi connectivity index (χ2n) is 5.00. The van der Waals surface area contributed by atoms with Crippen molar-refractivity contribution in [2.45, 2.75) is 50.7 Å². The molecule has 1 aliphatic carbocycles. The largest absolute Gasteiger partial charge is 0.376 e. The van der Waals surface area contributed by atoms with Crippen LogP contribution in [0.5, 0.6) is 0 Å². The monoisotopic (exact) mass is 208 g/mol. The van der Waals surface area contributed by atoms with Crippen molar-refractivity contribution in [2.24, 2.45) is 10.9 Å². The third-order valence-corrected chi connectivity index (χ3v) is 3.70. The van der Waals surface area contributed by atoms with E-state index in [1.54, 1.807) is 0 Å². The highest BCUT2D eigenvalue weighted by Crippen LogP contribution is 2.38. The van der Waals surface area contributed by atoms with Crippen molar-refractivity contribution in [3.05, 3.63) is 0 Å². The Kier molecular flexibility index (Phi) is 2.65. The molecule has 0 aromatic rings. The molecule has 2 aliphatic heterocycles.